The van der Waals surface area contributed by atoms with Crippen molar-refractivity contribution in [3.8, 4) is 11.5 Å². The van der Waals surface area contributed by atoms with Crippen molar-refractivity contribution in [2.45, 2.75) is 25.6 Å². The monoisotopic (exact) mass is 470 g/mol. The summed E-state index contributed by atoms with van der Waals surface area (Å²) in [6.45, 7) is 4.18. The summed E-state index contributed by atoms with van der Waals surface area (Å²) < 4.78 is 11.3. The first-order chi connectivity index (χ1) is 15.4. The number of nitrogens with one attached hydrogen (secondary N) is 1. The molecule has 0 unspecified atom stereocenters. The zero-order valence-electron chi connectivity index (χ0n) is 18.0. The van der Waals surface area contributed by atoms with Crippen LogP contribution in [0.5, 0.6) is 11.5 Å². The molecular formula is C23H23ClN4O3S. The van der Waals surface area contributed by atoms with Gasteiger partial charge in [-0.2, -0.15) is 5.10 Å². The summed E-state index contributed by atoms with van der Waals surface area (Å²) in [7, 11) is 1.57. The number of aryl methyl sites for hydroxylation is 2. The Bertz CT molecular complexity index is 1090. The third-order valence-electron chi connectivity index (χ3n) is 4.19. The topological polar surface area (TPSA) is 85.7 Å². The summed E-state index contributed by atoms with van der Waals surface area (Å²) >= 11 is 7.17. The van der Waals surface area contributed by atoms with Crippen molar-refractivity contribution < 1.29 is 14.3 Å². The number of methoxy groups -OCH3 is 1. The highest BCUT2D eigenvalue weighted by molar-refractivity contribution is 7.99. The fourth-order valence-corrected chi connectivity index (χ4v) is 3.59. The minimum absolute atomic E-state index is 0.168. The molecule has 3 aromatic rings. The molecule has 0 bridgehead atoms. The number of ether oxygens (including phenoxy) is 2. The molecular weight excluding hydrogens is 448 g/mol. The molecule has 0 atom stereocenters. The number of carbonyl (C=O) groups excluding carboxylic acids is 1. The highest BCUT2D eigenvalue weighted by atomic mass is 35.5. The smallest absolute Gasteiger partial charge is 0.250 e. The molecule has 7 nitrogen and oxygen atoms in total. The van der Waals surface area contributed by atoms with Crippen molar-refractivity contribution in [2.24, 2.45) is 5.10 Å². The Morgan fingerprint density at radius 2 is 1.81 bits per heavy atom. The Balaban J connectivity index is 1.52. The lowest BCUT2D eigenvalue weighted by atomic mass is 10.2. The third kappa shape index (κ3) is 7.25. The van der Waals surface area contributed by atoms with E-state index in [-0.39, 0.29) is 11.7 Å². The van der Waals surface area contributed by atoms with Crippen LogP contribution in [0.15, 0.2) is 58.8 Å². The molecule has 166 valence electrons. The summed E-state index contributed by atoms with van der Waals surface area (Å²) in [6.07, 6.45) is 1.54. The maximum Gasteiger partial charge on any atom is 0.250 e. The van der Waals surface area contributed by atoms with Gasteiger partial charge in [0.1, 0.15) is 6.61 Å². The van der Waals surface area contributed by atoms with Crippen LogP contribution >= 0.6 is 23.4 Å². The van der Waals surface area contributed by atoms with Gasteiger partial charge in [0.15, 0.2) is 16.7 Å². The first-order valence-corrected chi connectivity index (χ1v) is 11.1. The molecule has 0 aliphatic rings. The second-order valence-corrected chi connectivity index (χ2v) is 8.22. The van der Waals surface area contributed by atoms with E-state index in [9.17, 15) is 4.79 Å². The highest BCUT2D eigenvalue weighted by Crippen LogP contribution is 2.28. The van der Waals surface area contributed by atoms with Gasteiger partial charge >= 0.3 is 0 Å². The molecule has 2 aromatic carbocycles. The molecule has 0 aliphatic carbocycles. The van der Waals surface area contributed by atoms with Gasteiger partial charge in [0.25, 0.3) is 5.91 Å². The number of carbonyl (C=O) groups is 1. The number of hydrazone groups is 1. The molecule has 0 fully saturated rings. The molecule has 1 aromatic heterocycles. The Morgan fingerprint density at radius 1 is 1.09 bits per heavy atom. The van der Waals surface area contributed by atoms with Crippen LogP contribution < -0.4 is 14.9 Å². The van der Waals surface area contributed by atoms with Crippen LogP contribution in [0, 0.1) is 13.8 Å². The number of rotatable bonds is 9. The SMILES string of the molecule is COc1cc(C=NNC(=O)CSc2nc(C)cc(C)n2)ccc1OCc1ccc(Cl)cc1. The highest BCUT2D eigenvalue weighted by Gasteiger charge is 2.07. The third-order valence-corrected chi connectivity index (χ3v) is 5.29. The van der Waals surface area contributed by atoms with E-state index in [0.717, 1.165) is 22.5 Å². The standard InChI is InChI=1S/C23H23ClN4O3S/c1-15-10-16(2)27-23(26-15)32-14-22(29)28-25-12-18-6-9-20(21(11-18)30-3)31-13-17-4-7-19(24)8-5-17/h4-12H,13-14H2,1-3H3,(H,28,29). The van der Waals surface area contributed by atoms with Crippen LogP contribution in [-0.4, -0.2) is 35.0 Å². The average Bonchev–Trinajstić information content (AvgIpc) is 2.77. The molecule has 3 rings (SSSR count). The minimum atomic E-state index is -0.246. The van der Waals surface area contributed by atoms with Gasteiger partial charge < -0.3 is 9.47 Å². The van der Waals surface area contributed by atoms with E-state index in [4.69, 9.17) is 21.1 Å². The largest absolute Gasteiger partial charge is 0.493 e. The summed E-state index contributed by atoms with van der Waals surface area (Å²) in [6, 6.07) is 14.7. The van der Waals surface area contributed by atoms with Crippen LogP contribution in [0.3, 0.4) is 0 Å². The van der Waals surface area contributed by atoms with Gasteiger partial charge in [-0.3, -0.25) is 4.79 Å². The number of halogens is 1. The van der Waals surface area contributed by atoms with Gasteiger partial charge in [0, 0.05) is 16.4 Å². The lowest BCUT2D eigenvalue weighted by Gasteiger charge is -2.11. The van der Waals surface area contributed by atoms with E-state index < -0.39 is 0 Å². The predicted octanol–water partition coefficient (Wildman–Crippen LogP) is 4.58. The summed E-state index contributed by atoms with van der Waals surface area (Å²) in [5, 5.41) is 5.26. The maximum atomic E-state index is 12.0. The van der Waals surface area contributed by atoms with Gasteiger partial charge in [-0.25, -0.2) is 15.4 Å². The summed E-state index contributed by atoms with van der Waals surface area (Å²) in [5.74, 6) is 1.09. The van der Waals surface area contributed by atoms with Crippen LogP contribution in [0.2, 0.25) is 5.02 Å². The summed E-state index contributed by atoms with van der Waals surface area (Å²) in [5.41, 5.74) is 5.99. The lowest BCUT2D eigenvalue weighted by Crippen LogP contribution is -2.19. The predicted molar refractivity (Wildman–Crippen MR) is 127 cm³/mol. The van der Waals surface area contributed by atoms with E-state index in [1.54, 1.807) is 25.5 Å². The fourth-order valence-electron chi connectivity index (χ4n) is 2.72. The first-order valence-electron chi connectivity index (χ1n) is 9.75. The van der Waals surface area contributed by atoms with Crippen LogP contribution in [0.1, 0.15) is 22.5 Å². The minimum Gasteiger partial charge on any atom is -0.493 e. The molecule has 0 saturated heterocycles. The van der Waals surface area contributed by atoms with Crippen molar-refractivity contribution in [1.29, 1.82) is 0 Å². The normalized spacial score (nSPS) is 10.9. The van der Waals surface area contributed by atoms with Crippen molar-refractivity contribution in [1.82, 2.24) is 15.4 Å². The molecule has 1 N–H and O–H groups in total. The number of amides is 1. The van der Waals surface area contributed by atoms with Crippen molar-refractivity contribution in [2.75, 3.05) is 12.9 Å². The van der Waals surface area contributed by atoms with E-state index in [1.807, 2.05) is 50.2 Å². The number of benzene rings is 2. The maximum absolute atomic E-state index is 12.0. The van der Waals surface area contributed by atoms with E-state index >= 15 is 0 Å². The Kier molecular flexibility index (Phi) is 8.47. The van der Waals surface area contributed by atoms with Crippen LogP contribution in [0.4, 0.5) is 0 Å². The number of hydrogen-bond acceptors (Lipinski definition) is 7. The van der Waals surface area contributed by atoms with Gasteiger partial charge in [0.05, 0.1) is 19.1 Å². The van der Waals surface area contributed by atoms with Gasteiger partial charge in [0.2, 0.25) is 0 Å². The zero-order valence-corrected chi connectivity index (χ0v) is 19.5. The van der Waals surface area contributed by atoms with Crippen molar-refractivity contribution in [3.05, 3.63) is 76.1 Å². The van der Waals surface area contributed by atoms with Gasteiger partial charge in [-0.05, 0) is 61.4 Å². The van der Waals surface area contributed by atoms with Gasteiger partial charge in [-0.15, -0.1) is 0 Å². The van der Waals surface area contributed by atoms with Crippen molar-refractivity contribution in [3.63, 3.8) is 0 Å². The Hall–Kier alpha value is -3.10. The van der Waals surface area contributed by atoms with Crippen LogP contribution in [-0.2, 0) is 11.4 Å². The molecule has 0 radical (unpaired) electrons. The number of hydrogen-bond donors (Lipinski definition) is 1. The molecule has 9 heteroatoms. The van der Waals surface area contributed by atoms with Gasteiger partial charge in [-0.1, -0.05) is 35.5 Å². The van der Waals surface area contributed by atoms with E-state index in [1.165, 1.54) is 11.8 Å². The zero-order chi connectivity index (χ0) is 22.9. The second kappa shape index (κ2) is 11.5. The van der Waals surface area contributed by atoms with Crippen molar-refractivity contribution >= 4 is 35.5 Å². The average molecular weight is 471 g/mol. The molecule has 0 spiro atoms. The molecule has 0 saturated carbocycles. The second-order valence-electron chi connectivity index (χ2n) is 6.84. The number of aromatic nitrogens is 2. The van der Waals surface area contributed by atoms with E-state index in [0.29, 0.717) is 28.3 Å². The Morgan fingerprint density at radius 3 is 2.50 bits per heavy atom. The number of nitrogens with zero attached hydrogens (tertiary/aromatic N) is 3. The quantitative estimate of drug-likeness (QED) is 0.213. The number of thioether (sulfide) groups is 1. The molecule has 32 heavy (non-hydrogen) atoms. The first kappa shape index (κ1) is 23.6. The lowest BCUT2D eigenvalue weighted by molar-refractivity contribution is -0.118. The van der Waals surface area contributed by atoms with Crippen LogP contribution in [0.25, 0.3) is 0 Å². The fraction of sp³-hybridized carbons (Fsp3) is 0.217. The molecule has 1 heterocycles. The molecule has 1 amide bonds. The molecule has 0 aliphatic heterocycles. The summed E-state index contributed by atoms with van der Waals surface area (Å²) in [4.78, 5) is 20.6. The van der Waals surface area contributed by atoms with E-state index in [2.05, 4.69) is 20.5 Å². The Labute approximate surface area is 196 Å².